The molecule has 0 radical (unpaired) electrons. The molecule has 2 rings (SSSR count). The van der Waals surface area contributed by atoms with Crippen LogP contribution in [0.2, 0.25) is 0 Å². The summed E-state index contributed by atoms with van der Waals surface area (Å²) >= 11 is 0. The molecule has 0 atom stereocenters. The Kier molecular flexibility index (Phi) is 4.38. The fourth-order valence-electron chi connectivity index (χ4n) is 1.58. The van der Waals surface area contributed by atoms with Gasteiger partial charge >= 0.3 is 6.03 Å². The number of nitrogens with one attached hydrogen (secondary N) is 3. The molecule has 0 bridgehead atoms. The summed E-state index contributed by atoms with van der Waals surface area (Å²) in [6.07, 6.45) is 3.59. The van der Waals surface area contributed by atoms with Crippen LogP contribution in [-0.2, 0) is 0 Å². The maximum Gasteiger partial charge on any atom is 0.319 e. The minimum Gasteiger partial charge on any atom is -0.338 e. The van der Waals surface area contributed by atoms with Crippen molar-refractivity contribution in [3.63, 3.8) is 0 Å². The van der Waals surface area contributed by atoms with Crippen molar-refractivity contribution in [3.05, 3.63) is 30.3 Å². The largest absolute Gasteiger partial charge is 0.338 e. The molecular formula is C13H19N3O. The summed E-state index contributed by atoms with van der Waals surface area (Å²) in [6, 6.07) is 10.1. The zero-order valence-corrected chi connectivity index (χ0v) is 9.91. The van der Waals surface area contributed by atoms with Gasteiger partial charge in [-0.1, -0.05) is 18.2 Å². The normalized spacial score (nSPS) is 14.4. The van der Waals surface area contributed by atoms with Crippen LogP contribution in [0.5, 0.6) is 0 Å². The van der Waals surface area contributed by atoms with Crippen LogP contribution in [0.4, 0.5) is 10.5 Å². The van der Waals surface area contributed by atoms with E-state index in [2.05, 4.69) is 16.0 Å². The monoisotopic (exact) mass is 233 g/mol. The van der Waals surface area contributed by atoms with Crippen LogP contribution in [0, 0.1) is 0 Å². The molecular weight excluding hydrogens is 214 g/mol. The van der Waals surface area contributed by atoms with Crippen molar-refractivity contribution in [2.24, 2.45) is 0 Å². The zero-order chi connectivity index (χ0) is 11.9. The molecule has 92 valence electrons. The lowest BCUT2D eigenvalue weighted by atomic mass is 10.3. The fraction of sp³-hybridized carbons (Fsp3) is 0.462. The molecule has 4 nitrogen and oxygen atoms in total. The molecule has 1 aliphatic rings. The number of amides is 2. The molecule has 4 heteroatoms. The number of carbonyl (C=O) groups excluding carboxylic acids is 1. The van der Waals surface area contributed by atoms with E-state index in [-0.39, 0.29) is 6.03 Å². The second-order valence-corrected chi connectivity index (χ2v) is 4.33. The molecule has 0 saturated heterocycles. The van der Waals surface area contributed by atoms with Gasteiger partial charge in [-0.05, 0) is 37.9 Å². The van der Waals surface area contributed by atoms with Crippen molar-refractivity contribution in [1.82, 2.24) is 10.6 Å². The van der Waals surface area contributed by atoms with Gasteiger partial charge in [0.05, 0.1) is 0 Å². The first-order valence-corrected chi connectivity index (χ1v) is 6.18. The molecule has 1 aromatic carbocycles. The van der Waals surface area contributed by atoms with Gasteiger partial charge in [-0.25, -0.2) is 4.79 Å². The lowest BCUT2D eigenvalue weighted by molar-refractivity contribution is 0.252. The summed E-state index contributed by atoms with van der Waals surface area (Å²) in [6.45, 7) is 1.69. The third-order valence-corrected chi connectivity index (χ3v) is 2.68. The summed E-state index contributed by atoms with van der Waals surface area (Å²) in [7, 11) is 0. The van der Waals surface area contributed by atoms with E-state index in [1.54, 1.807) is 0 Å². The Morgan fingerprint density at radius 2 is 1.94 bits per heavy atom. The van der Waals surface area contributed by atoms with Gasteiger partial charge in [-0.2, -0.15) is 0 Å². The predicted molar refractivity (Wildman–Crippen MR) is 69.1 cm³/mol. The molecule has 1 fully saturated rings. The van der Waals surface area contributed by atoms with Gasteiger partial charge in [0, 0.05) is 18.3 Å². The van der Waals surface area contributed by atoms with Gasteiger partial charge in [-0.15, -0.1) is 0 Å². The topological polar surface area (TPSA) is 53.2 Å². The van der Waals surface area contributed by atoms with Gasteiger partial charge in [-0.3, -0.25) is 0 Å². The summed E-state index contributed by atoms with van der Waals surface area (Å²) in [5, 5.41) is 9.03. The number of benzene rings is 1. The molecule has 17 heavy (non-hydrogen) atoms. The maximum atomic E-state index is 11.5. The molecule has 0 aromatic heterocycles. The highest BCUT2D eigenvalue weighted by Gasteiger charge is 2.19. The number of para-hydroxylation sites is 1. The number of urea groups is 1. The molecule has 0 unspecified atom stereocenters. The summed E-state index contributed by atoms with van der Waals surface area (Å²) in [4.78, 5) is 11.5. The molecule has 1 aromatic rings. The Balaban J connectivity index is 1.54. The Morgan fingerprint density at radius 3 is 2.65 bits per heavy atom. The lowest BCUT2D eigenvalue weighted by Crippen LogP contribution is -2.31. The SMILES string of the molecule is O=C(NCCCNC1CC1)Nc1ccccc1. The first-order valence-electron chi connectivity index (χ1n) is 6.18. The molecule has 0 aliphatic heterocycles. The van der Waals surface area contributed by atoms with Crippen LogP contribution in [0.25, 0.3) is 0 Å². The summed E-state index contributed by atoms with van der Waals surface area (Å²) < 4.78 is 0. The predicted octanol–water partition coefficient (Wildman–Crippen LogP) is 1.95. The summed E-state index contributed by atoms with van der Waals surface area (Å²) in [5.41, 5.74) is 0.820. The van der Waals surface area contributed by atoms with E-state index in [4.69, 9.17) is 0 Å². The Morgan fingerprint density at radius 1 is 1.18 bits per heavy atom. The van der Waals surface area contributed by atoms with Crippen molar-refractivity contribution < 1.29 is 4.79 Å². The Labute approximate surface area is 102 Å². The Hall–Kier alpha value is -1.55. The summed E-state index contributed by atoms with van der Waals surface area (Å²) in [5.74, 6) is 0. The van der Waals surface area contributed by atoms with Crippen molar-refractivity contribution in [1.29, 1.82) is 0 Å². The minimum atomic E-state index is -0.136. The molecule has 0 heterocycles. The van der Waals surface area contributed by atoms with Crippen LogP contribution in [0.15, 0.2) is 30.3 Å². The van der Waals surface area contributed by atoms with E-state index in [1.807, 2.05) is 30.3 Å². The van der Waals surface area contributed by atoms with Crippen molar-refractivity contribution in [2.45, 2.75) is 25.3 Å². The first-order chi connectivity index (χ1) is 8.34. The smallest absolute Gasteiger partial charge is 0.319 e. The van der Waals surface area contributed by atoms with E-state index >= 15 is 0 Å². The van der Waals surface area contributed by atoms with Crippen LogP contribution in [-0.4, -0.2) is 25.2 Å². The number of rotatable bonds is 6. The molecule has 1 aliphatic carbocycles. The van der Waals surface area contributed by atoms with Crippen molar-refractivity contribution >= 4 is 11.7 Å². The van der Waals surface area contributed by atoms with Crippen LogP contribution in [0.1, 0.15) is 19.3 Å². The highest BCUT2D eigenvalue weighted by atomic mass is 16.2. The standard InChI is InChI=1S/C13H19N3O/c17-13(16-12-5-2-1-3-6-12)15-10-4-9-14-11-7-8-11/h1-3,5-6,11,14H,4,7-10H2,(H2,15,16,17). The van der Waals surface area contributed by atoms with Crippen LogP contribution < -0.4 is 16.0 Å². The number of carbonyl (C=O) groups is 1. The minimum absolute atomic E-state index is 0.136. The number of anilines is 1. The zero-order valence-electron chi connectivity index (χ0n) is 9.91. The molecule has 1 saturated carbocycles. The average molecular weight is 233 g/mol. The van der Waals surface area contributed by atoms with Gasteiger partial charge in [0.15, 0.2) is 0 Å². The fourth-order valence-corrected chi connectivity index (χ4v) is 1.58. The Bertz CT molecular complexity index is 349. The molecule has 0 spiro atoms. The molecule has 2 amide bonds. The number of hydrogen-bond acceptors (Lipinski definition) is 2. The van der Waals surface area contributed by atoms with E-state index < -0.39 is 0 Å². The van der Waals surface area contributed by atoms with Gasteiger partial charge in [0.2, 0.25) is 0 Å². The van der Waals surface area contributed by atoms with E-state index in [0.717, 1.165) is 24.7 Å². The van der Waals surface area contributed by atoms with E-state index in [9.17, 15) is 4.79 Å². The van der Waals surface area contributed by atoms with Crippen molar-refractivity contribution in [2.75, 3.05) is 18.4 Å². The molecule has 3 N–H and O–H groups in total. The van der Waals surface area contributed by atoms with E-state index in [1.165, 1.54) is 12.8 Å². The maximum absolute atomic E-state index is 11.5. The third-order valence-electron chi connectivity index (χ3n) is 2.68. The lowest BCUT2D eigenvalue weighted by Gasteiger charge is -2.07. The van der Waals surface area contributed by atoms with Crippen LogP contribution >= 0.6 is 0 Å². The first kappa shape index (κ1) is 11.9. The second-order valence-electron chi connectivity index (χ2n) is 4.33. The highest BCUT2D eigenvalue weighted by Crippen LogP contribution is 2.18. The van der Waals surface area contributed by atoms with Gasteiger partial charge in [0.1, 0.15) is 0 Å². The van der Waals surface area contributed by atoms with E-state index in [0.29, 0.717) is 6.54 Å². The quantitative estimate of drug-likeness (QED) is 0.658. The van der Waals surface area contributed by atoms with Gasteiger partial charge < -0.3 is 16.0 Å². The van der Waals surface area contributed by atoms with Crippen LogP contribution in [0.3, 0.4) is 0 Å². The number of hydrogen-bond donors (Lipinski definition) is 3. The highest BCUT2D eigenvalue weighted by molar-refractivity contribution is 5.89. The average Bonchev–Trinajstić information content (AvgIpc) is 3.14. The van der Waals surface area contributed by atoms with Crippen molar-refractivity contribution in [3.8, 4) is 0 Å². The second kappa shape index (κ2) is 6.25. The van der Waals surface area contributed by atoms with Gasteiger partial charge in [0.25, 0.3) is 0 Å². The third kappa shape index (κ3) is 4.87.